The van der Waals surface area contributed by atoms with Gasteiger partial charge in [-0.3, -0.25) is 37.3 Å². The lowest BCUT2D eigenvalue weighted by Crippen LogP contribution is -2.30. The Morgan fingerprint density at radius 2 is 0.489 bits per heavy atom. The van der Waals surface area contributed by atoms with Crippen LogP contribution in [-0.2, 0) is 65.4 Å². The SMILES string of the molecule is CCCCCCCCCCCCCC(=O)O[C@H](COC(=O)CCCCCCCCCCCC)COP(=O)(O)OC[C@H](O)COP(=O)(O)OC[C@@H](COC(=O)CCCCCCCCCCCCCCCC(C)C)OC(=O)CCCCCCCCCCCCCCCCC(C)C. The highest BCUT2D eigenvalue weighted by Crippen LogP contribution is 2.45. The van der Waals surface area contributed by atoms with Gasteiger partial charge in [-0.1, -0.05) is 337 Å². The summed E-state index contributed by atoms with van der Waals surface area (Å²) in [5.41, 5.74) is 0. The number of aliphatic hydroxyl groups is 1. The van der Waals surface area contributed by atoms with Gasteiger partial charge < -0.3 is 33.8 Å². The van der Waals surface area contributed by atoms with Gasteiger partial charge in [0.25, 0.3) is 0 Å². The third kappa shape index (κ3) is 68.6. The van der Waals surface area contributed by atoms with Crippen molar-refractivity contribution < 1.29 is 80.2 Å². The van der Waals surface area contributed by atoms with Crippen LogP contribution < -0.4 is 0 Å². The first-order valence-electron chi connectivity index (χ1n) is 39.0. The molecule has 0 rings (SSSR count). The van der Waals surface area contributed by atoms with E-state index in [-0.39, 0.29) is 25.7 Å². The van der Waals surface area contributed by atoms with E-state index in [1.54, 1.807) is 0 Å². The molecule has 0 aromatic rings. The minimum absolute atomic E-state index is 0.107. The molecule has 0 saturated carbocycles. The number of carbonyl (C=O) groups excluding carboxylic acids is 4. The number of ether oxygens (including phenoxy) is 4. The predicted octanol–water partition coefficient (Wildman–Crippen LogP) is 21.9. The summed E-state index contributed by atoms with van der Waals surface area (Å²) in [6.45, 7) is 9.62. The highest BCUT2D eigenvalue weighted by atomic mass is 31.2. The van der Waals surface area contributed by atoms with Crippen molar-refractivity contribution in [3.63, 3.8) is 0 Å². The average Bonchev–Trinajstić information content (AvgIpc) is 1.18. The van der Waals surface area contributed by atoms with E-state index in [1.165, 1.54) is 205 Å². The number of phosphoric acid groups is 2. The molecule has 0 amide bonds. The molecule has 0 aromatic heterocycles. The van der Waals surface area contributed by atoms with Crippen molar-refractivity contribution in [3.8, 4) is 0 Å². The largest absolute Gasteiger partial charge is 0.472 e. The molecule has 2 unspecified atom stereocenters. The number of carbonyl (C=O) groups is 4. The fourth-order valence-corrected chi connectivity index (χ4v) is 13.1. The van der Waals surface area contributed by atoms with Crippen LogP contribution in [0.5, 0.6) is 0 Å². The minimum atomic E-state index is -4.96. The second kappa shape index (κ2) is 66.9. The monoisotopic (exact) mass is 1380 g/mol. The Morgan fingerprint density at radius 3 is 0.723 bits per heavy atom. The second-order valence-corrected chi connectivity index (χ2v) is 30.9. The number of rotatable bonds is 74. The molecule has 0 radical (unpaired) electrons. The summed E-state index contributed by atoms with van der Waals surface area (Å²) in [6, 6.07) is 0. The summed E-state index contributed by atoms with van der Waals surface area (Å²) in [6.07, 6.45) is 54.0. The molecule has 558 valence electrons. The summed E-state index contributed by atoms with van der Waals surface area (Å²) >= 11 is 0. The van der Waals surface area contributed by atoms with Crippen LogP contribution in [-0.4, -0.2) is 96.7 Å². The molecule has 3 N–H and O–H groups in total. The first kappa shape index (κ1) is 92.1. The fraction of sp³-hybridized carbons (Fsp3) is 0.947. The number of unbranched alkanes of at least 4 members (excludes halogenated alkanes) is 44. The maximum absolute atomic E-state index is 13.1. The van der Waals surface area contributed by atoms with E-state index in [2.05, 4.69) is 41.5 Å². The topological polar surface area (TPSA) is 237 Å². The Kier molecular flexibility index (Phi) is 65.5. The molecule has 94 heavy (non-hydrogen) atoms. The standard InChI is InChI=1S/C75H146O17P2/c1-7-9-11-13-15-17-26-35-41-47-53-59-74(79)91-70(63-85-72(77)57-51-45-39-33-18-16-14-12-10-8-2)65-89-93(81,82)87-61-69(76)62-88-94(83,84)90-66-71(64-86-73(78)58-52-46-40-34-29-25-21-23-28-32-38-44-50-56-68(5)6)92-75(80)60-54-48-42-36-30-24-20-19-22-27-31-37-43-49-55-67(3)4/h67-71,76H,7-66H2,1-6H3,(H,81,82)(H,83,84)/t69-,70+,71+/m0/s1. The van der Waals surface area contributed by atoms with Crippen molar-refractivity contribution >= 4 is 39.5 Å². The van der Waals surface area contributed by atoms with Gasteiger partial charge in [0, 0.05) is 25.7 Å². The van der Waals surface area contributed by atoms with Gasteiger partial charge in [0.1, 0.15) is 19.3 Å². The molecule has 0 saturated heterocycles. The highest BCUT2D eigenvalue weighted by Gasteiger charge is 2.30. The fourth-order valence-electron chi connectivity index (χ4n) is 11.5. The van der Waals surface area contributed by atoms with Crippen LogP contribution >= 0.6 is 15.6 Å². The Bertz CT molecular complexity index is 1820. The number of esters is 4. The zero-order chi connectivity index (χ0) is 69.3. The predicted molar refractivity (Wildman–Crippen MR) is 381 cm³/mol. The van der Waals surface area contributed by atoms with Crippen LogP contribution in [0.15, 0.2) is 0 Å². The molecule has 19 heteroatoms. The van der Waals surface area contributed by atoms with Crippen LogP contribution in [0.25, 0.3) is 0 Å². The van der Waals surface area contributed by atoms with Crippen LogP contribution in [0.2, 0.25) is 0 Å². The van der Waals surface area contributed by atoms with Gasteiger partial charge in [0.2, 0.25) is 0 Å². The molecule has 0 aliphatic rings. The van der Waals surface area contributed by atoms with Crippen LogP contribution in [0.1, 0.15) is 388 Å². The summed E-state index contributed by atoms with van der Waals surface area (Å²) in [7, 11) is -9.91. The number of hydrogen-bond donors (Lipinski definition) is 3. The minimum Gasteiger partial charge on any atom is -0.462 e. The van der Waals surface area contributed by atoms with Gasteiger partial charge in [-0.25, -0.2) is 9.13 Å². The zero-order valence-electron chi connectivity index (χ0n) is 61.3. The average molecular weight is 1380 g/mol. The molecule has 17 nitrogen and oxygen atoms in total. The molecule has 5 atom stereocenters. The van der Waals surface area contributed by atoms with Crippen LogP contribution in [0.3, 0.4) is 0 Å². The van der Waals surface area contributed by atoms with E-state index in [0.29, 0.717) is 25.7 Å². The van der Waals surface area contributed by atoms with E-state index < -0.39 is 97.5 Å². The number of hydrogen-bond acceptors (Lipinski definition) is 15. The first-order chi connectivity index (χ1) is 45.4. The number of aliphatic hydroxyl groups excluding tert-OH is 1. The van der Waals surface area contributed by atoms with Gasteiger partial charge in [0.15, 0.2) is 12.2 Å². The Labute approximate surface area is 575 Å². The molecule has 0 aliphatic carbocycles. The van der Waals surface area contributed by atoms with E-state index in [0.717, 1.165) is 102 Å². The lowest BCUT2D eigenvalue weighted by atomic mass is 10.0. The smallest absolute Gasteiger partial charge is 0.462 e. The summed E-state index contributed by atoms with van der Waals surface area (Å²) in [5, 5.41) is 10.6. The van der Waals surface area contributed by atoms with Gasteiger partial charge in [-0.2, -0.15) is 0 Å². The van der Waals surface area contributed by atoms with Crippen LogP contribution in [0.4, 0.5) is 0 Å². The quantitative estimate of drug-likeness (QED) is 0.0222. The van der Waals surface area contributed by atoms with Gasteiger partial charge >= 0.3 is 39.5 Å². The summed E-state index contributed by atoms with van der Waals surface area (Å²) < 4.78 is 68.5. The molecular weight excluding hydrogens is 1230 g/mol. The second-order valence-electron chi connectivity index (χ2n) is 28.0. The van der Waals surface area contributed by atoms with Crippen molar-refractivity contribution in [1.29, 1.82) is 0 Å². The zero-order valence-corrected chi connectivity index (χ0v) is 63.1. The van der Waals surface area contributed by atoms with Gasteiger partial charge in [0.05, 0.1) is 26.4 Å². The molecule has 0 bridgehead atoms. The van der Waals surface area contributed by atoms with Crippen molar-refractivity contribution in [2.75, 3.05) is 39.6 Å². The maximum atomic E-state index is 13.1. The molecular formula is C75H146O17P2. The van der Waals surface area contributed by atoms with E-state index in [4.69, 9.17) is 37.0 Å². The third-order valence-corrected chi connectivity index (χ3v) is 19.4. The third-order valence-electron chi connectivity index (χ3n) is 17.5. The van der Waals surface area contributed by atoms with Crippen molar-refractivity contribution in [1.82, 2.24) is 0 Å². The molecule has 0 aliphatic heterocycles. The van der Waals surface area contributed by atoms with Gasteiger partial charge in [-0.15, -0.1) is 0 Å². The Morgan fingerprint density at radius 1 is 0.287 bits per heavy atom. The van der Waals surface area contributed by atoms with E-state index in [9.17, 15) is 43.2 Å². The van der Waals surface area contributed by atoms with Crippen LogP contribution in [0, 0.1) is 11.8 Å². The van der Waals surface area contributed by atoms with E-state index >= 15 is 0 Å². The molecule has 0 aromatic carbocycles. The van der Waals surface area contributed by atoms with Crippen molar-refractivity contribution in [3.05, 3.63) is 0 Å². The summed E-state index contributed by atoms with van der Waals surface area (Å²) in [5.74, 6) is -0.529. The van der Waals surface area contributed by atoms with E-state index in [1.807, 2.05) is 0 Å². The Balaban J connectivity index is 5.23. The first-order valence-corrected chi connectivity index (χ1v) is 42.0. The number of phosphoric ester groups is 2. The highest BCUT2D eigenvalue weighted by molar-refractivity contribution is 7.47. The maximum Gasteiger partial charge on any atom is 0.472 e. The summed E-state index contributed by atoms with van der Waals surface area (Å²) in [4.78, 5) is 72.7. The Hall–Kier alpha value is -1.94. The molecule has 0 heterocycles. The molecule has 0 spiro atoms. The molecule has 0 fully saturated rings. The lowest BCUT2D eigenvalue weighted by Gasteiger charge is -2.21. The lowest BCUT2D eigenvalue weighted by molar-refractivity contribution is -0.161. The normalized spacial score (nSPS) is 14.0. The van der Waals surface area contributed by atoms with Gasteiger partial charge in [-0.05, 0) is 37.5 Å². The van der Waals surface area contributed by atoms with Crippen molar-refractivity contribution in [2.24, 2.45) is 11.8 Å². The van der Waals surface area contributed by atoms with Crippen molar-refractivity contribution in [2.45, 2.75) is 407 Å².